The van der Waals surface area contributed by atoms with Crippen LogP contribution in [0.1, 0.15) is 109 Å². The van der Waals surface area contributed by atoms with E-state index in [0.717, 1.165) is 74.1 Å². The highest BCUT2D eigenvalue weighted by atomic mass is 19.1. The molecule has 1 N–H and O–H groups in total. The standard InChI is InChI=1S/C26H30FNO4.C24H26FNO4.CH4/c1-2-30-25(29)14-20-15-28(9-10-31-20)16-21-13-24-22-6-4-3-5-17(22)11-18-7-8-19(27)12-23(18)26(24)32-21;25-17-6-5-16-9-15-3-1-2-4-20(15)22-11-19(30-24(22)21(16)10-17)14-26-7-8-29-18(13-26)12-23(27)28;/h3-8,12,20-21,24,26H,2,9-11,13-16H2,1H3;1-6,10,18-19,22,24H,7-9,11-14H2,(H,27,28);1H4/t20?,21-,24+,26-;18?,19-,22+,24-;/m00./s1. The van der Waals surface area contributed by atoms with Crippen molar-refractivity contribution >= 4 is 11.9 Å². The van der Waals surface area contributed by atoms with E-state index in [9.17, 15) is 18.4 Å². The Labute approximate surface area is 369 Å². The van der Waals surface area contributed by atoms with E-state index in [1.165, 1.54) is 28.3 Å². The maximum atomic E-state index is 14.2. The van der Waals surface area contributed by atoms with E-state index in [2.05, 4.69) is 58.3 Å². The topological polar surface area (TPSA) is 107 Å². The molecule has 0 spiro atoms. The number of ether oxygens (including phenoxy) is 5. The van der Waals surface area contributed by atoms with Crippen molar-refractivity contribution in [3.05, 3.63) is 141 Å². The summed E-state index contributed by atoms with van der Waals surface area (Å²) in [7, 11) is 0. The summed E-state index contributed by atoms with van der Waals surface area (Å²) in [5, 5.41) is 9.06. The lowest BCUT2D eigenvalue weighted by Crippen LogP contribution is -2.46. The highest BCUT2D eigenvalue weighted by Crippen LogP contribution is 2.51. The second-order valence-corrected chi connectivity index (χ2v) is 17.6. The number of carboxylic acids is 1. The van der Waals surface area contributed by atoms with E-state index in [-0.39, 0.29) is 86.3 Å². The molecule has 10 nitrogen and oxygen atoms in total. The summed E-state index contributed by atoms with van der Waals surface area (Å²) >= 11 is 0. The van der Waals surface area contributed by atoms with E-state index in [4.69, 9.17) is 28.8 Å². The monoisotopic (exact) mass is 866 g/mol. The van der Waals surface area contributed by atoms with E-state index in [0.29, 0.717) is 32.9 Å². The SMILES string of the molecule is C.CCOC(=O)CC1CN(C[C@@H]2C[C@@H]3c4ccccc4Cc4ccc(F)cc4[C@@H]3O2)CCO1.O=C(O)CC1CN(C[C@@H]2C[C@@H]3c4ccccc4Cc4ccc(F)cc4[C@@H]3O2)CCO1. The summed E-state index contributed by atoms with van der Waals surface area (Å²) in [4.78, 5) is 27.4. The lowest BCUT2D eigenvalue weighted by molar-refractivity contribution is -0.148. The van der Waals surface area contributed by atoms with Crippen LogP contribution >= 0.6 is 0 Å². The molecule has 4 saturated heterocycles. The number of carbonyl (C=O) groups is 2. The van der Waals surface area contributed by atoms with Gasteiger partial charge in [0.15, 0.2) is 0 Å². The van der Waals surface area contributed by atoms with Crippen molar-refractivity contribution < 1.29 is 47.2 Å². The Bertz CT molecular complexity index is 2240. The van der Waals surface area contributed by atoms with Gasteiger partial charge in [0.1, 0.15) is 11.6 Å². The molecule has 10 rings (SSSR count). The third-order valence-electron chi connectivity index (χ3n) is 13.4. The molecule has 12 heteroatoms. The summed E-state index contributed by atoms with van der Waals surface area (Å²) in [5.41, 5.74) is 9.43. The molecule has 2 unspecified atom stereocenters. The van der Waals surface area contributed by atoms with Crippen molar-refractivity contribution in [3.63, 3.8) is 0 Å². The second kappa shape index (κ2) is 20.1. The first kappa shape index (κ1) is 45.0. The molecule has 0 radical (unpaired) electrons. The van der Waals surface area contributed by atoms with Gasteiger partial charge in [-0.25, -0.2) is 8.78 Å². The van der Waals surface area contributed by atoms with Gasteiger partial charge >= 0.3 is 11.9 Å². The fourth-order valence-electron chi connectivity index (χ4n) is 10.7. The average molecular weight is 867 g/mol. The number of hydrogen-bond acceptors (Lipinski definition) is 9. The number of aliphatic carboxylic acids is 1. The molecular weight excluding hydrogens is 807 g/mol. The van der Waals surface area contributed by atoms with Crippen LogP contribution in [-0.4, -0.2) is 110 Å². The van der Waals surface area contributed by atoms with Crippen LogP contribution in [0.2, 0.25) is 0 Å². The smallest absolute Gasteiger partial charge is 0.308 e. The molecule has 0 amide bonds. The van der Waals surface area contributed by atoms with Crippen LogP contribution in [-0.2, 0) is 46.1 Å². The Morgan fingerprint density at radius 2 is 1.11 bits per heavy atom. The highest BCUT2D eigenvalue weighted by Gasteiger charge is 2.43. The van der Waals surface area contributed by atoms with Crippen molar-refractivity contribution in [2.24, 2.45) is 0 Å². The second-order valence-electron chi connectivity index (χ2n) is 17.6. The van der Waals surface area contributed by atoms with Gasteiger partial charge in [-0.15, -0.1) is 0 Å². The number of carboxylic acid groups (broad SMARTS) is 1. The minimum atomic E-state index is -0.837. The van der Waals surface area contributed by atoms with Crippen molar-refractivity contribution in [1.82, 2.24) is 9.80 Å². The number of rotatable bonds is 9. The van der Waals surface area contributed by atoms with E-state index < -0.39 is 5.97 Å². The molecular formula is C51H60F2N2O8. The van der Waals surface area contributed by atoms with Crippen LogP contribution in [0.5, 0.6) is 0 Å². The Morgan fingerprint density at radius 3 is 1.59 bits per heavy atom. The minimum absolute atomic E-state index is 0. The fourth-order valence-corrected chi connectivity index (χ4v) is 10.7. The molecule has 4 aromatic rings. The number of halogens is 2. The average Bonchev–Trinajstić information content (AvgIpc) is 3.81. The van der Waals surface area contributed by atoms with Crippen molar-refractivity contribution in [2.45, 2.75) is 101 Å². The molecule has 0 saturated carbocycles. The zero-order chi connectivity index (χ0) is 42.7. The largest absolute Gasteiger partial charge is 0.481 e. The van der Waals surface area contributed by atoms with Crippen LogP contribution in [0.4, 0.5) is 8.78 Å². The molecule has 8 atom stereocenters. The van der Waals surface area contributed by atoms with E-state index in [1.54, 1.807) is 18.2 Å². The summed E-state index contributed by atoms with van der Waals surface area (Å²) < 4.78 is 57.9. The van der Waals surface area contributed by atoms with Crippen LogP contribution in [0.3, 0.4) is 0 Å². The molecule has 2 aliphatic carbocycles. The van der Waals surface area contributed by atoms with E-state index >= 15 is 0 Å². The van der Waals surface area contributed by atoms with Gasteiger partial charge in [-0.1, -0.05) is 68.1 Å². The van der Waals surface area contributed by atoms with Gasteiger partial charge in [-0.05, 0) is 101 Å². The van der Waals surface area contributed by atoms with Crippen LogP contribution in [0.25, 0.3) is 0 Å². The van der Waals surface area contributed by atoms with Gasteiger partial charge in [-0.2, -0.15) is 0 Å². The third kappa shape index (κ3) is 10.4. The van der Waals surface area contributed by atoms with Gasteiger partial charge in [0, 0.05) is 51.1 Å². The number of fused-ring (bicyclic) bond motifs is 10. The number of hydrogen-bond donors (Lipinski definition) is 1. The normalized spacial score (nSPS) is 27.3. The summed E-state index contributed by atoms with van der Waals surface area (Å²) in [6.07, 6.45) is 3.04. The Kier molecular flexibility index (Phi) is 14.4. The lowest BCUT2D eigenvalue weighted by Gasteiger charge is -2.34. The molecule has 63 heavy (non-hydrogen) atoms. The number of esters is 1. The predicted molar refractivity (Wildman–Crippen MR) is 234 cm³/mol. The van der Waals surface area contributed by atoms with Crippen molar-refractivity contribution in [2.75, 3.05) is 59.1 Å². The van der Waals surface area contributed by atoms with Gasteiger partial charge in [-0.3, -0.25) is 19.4 Å². The van der Waals surface area contributed by atoms with Gasteiger partial charge in [0.05, 0.1) is 69.3 Å². The van der Waals surface area contributed by atoms with Gasteiger partial charge in [0.25, 0.3) is 0 Å². The molecule has 6 aliphatic rings. The molecule has 336 valence electrons. The first-order valence-corrected chi connectivity index (χ1v) is 22.3. The fraction of sp³-hybridized carbons (Fsp3) is 0.490. The maximum absolute atomic E-state index is 14.2. The third-order valence-corrected chi connectivity index (χ3v) is 13.4. The molecule has 4 heterocycles. The Morgan fingerprint density at radius 1 is 0.651 bits per heavy atom. The molecule has 0 aromatic heterocycles. The Balaban J connectivity index is 0.000000170. The number of benzene rings is 4. The summed E-state index contributed by atoms with van der Waals surface area (Å²) in [6.45, 7) is 7.73. The first-order valence-electron chi connectivity index (χ1n) is 22.3. The zero-order valence-electron chi connectivity index (χ0n) is 35.3. The van der Waals surface area contributed by atoms with Crippen LogP contribution in [0, 0.1) is 11.6 Å². The van der Waals surface area contributed by atoms with Gasteiger partial charge in [0.2, 0.25) is 0 Å². The maximum Gasteiger partial charge on any atom is 0.308 e. The Hall–Kier alpha value is -4.56. The minimum Gasteiger partial charge on any atom is -0.481 e. The van der Waals surface area contributed by atoms with E-state index in [1.807, 2.05) is 19.1 Å². The highest BCUT2D eigenvalue weighted by molar-refractivity contribution is 5.70. The summed E-state index contributed by atoms with van der Waals surface area (Å²) in [6, 6.07) is 27.2. The number of carbonyl (C=O) groups excluding carboxylic acids is 1. The number of morpholine rings is 2. The lowest BCUT2D eigenvalue weighted by atomic mass is 9.87. The zero-order valence-corrected chi connectivity index (χ0v) is 35.3. The predicted octanol–water partition coefficient (Wildman–Crippen LogP) is 8.15. The molecule has 4 fully saturated rings. The number of nitrogens with zero attached hydrogens (tertiary/aromatic N) is 2. The molecule has 4 aliphatic heterocycles. The molecule has 4 aromatic carbocycles. The van der Waals surface area contributed by atoms with Crippen molar-refractivity contribution in [3.8, 4) is 0 Å². The molecule has 0 bridgehead atoms. The van der Waals surface area contributed by atoms with Crippen molar-refractivity contribution in [1.29, 1.82) is 0 Å². The summed E-state index contributed by atoms with van der Waals surface area (Å²) in [5.74, 6) is -1.07. The first-order chi connectivity index (χ1) is 30.2. The van der Waals surface area contributed by atoms with Crippen LogP contribution < -0.4 is 0 Å². The van der Waals surface area contributed by atoms with Crippen LogP contribution in [0.15, 0.2) is 84.9 Å². The van der Waals surface area contributed by atoms with Gasteiger partial charge < -0.3 is 28.8 Å². The quantitative estimate of drug-likeness (QED) is 0.166.